The molecule has 152 valence electrons. The van der Waals surface area contributed by atoms with E-state index < -0.39 is 21.9 Å². The molecule has 0 radical (unpaired) electrons. The fourth-order valence-electron chi connectivity index (χ4n) is 3.49. The smallest absolute Gasteiger partial charge is 0.271 e. The van der Waals surface area contributed by atoms with Crippen molar-refractivity contribution < 1.29 is 14.5 Å². The van der Waals surface area contributed by atoms with Crippen molar-refractivity contribution in [1.29, 1.82) is 0 Å². The molecule has 3 aromatic rings. The van der Waals surface area contributed by atoms with Crippen molar-refractivity contribution in [2.24, 2.45) is 0 Å². The van der Waals surface area contributed by atoms with Crippen molar-refractivity contribution in [2.45, 2.75) is 25.9 Å². The van der Waals surface area contributed by atoms with Crippen LogP contribution < -0.4 is 15.8 Å². The molecule has 30 heavy (non-hydrogen) atoms. The first-order chi connectivity index (χ1) is 14.2. The number of hydrogen-bond acceptors (Lipinski definition) is 6. The summed E-state index contributed by atoms with van der Waals surface area (Å²) in [6.07, 6.45) is 1.18. The Morgan fingerprint density at radius 2 is 1.93 bits per heavy atom. The third kappa shape index (κ3) is 2.98. The molecule has 1 aliphatic rings. The first-order valence-electron chi connectivity index (χ1n) is 9.07. The molecule has 1 aromatic heterocycles. The molecule has 4 rings (SSSR count). The Bertz CT molecular complexity index is 1280. The summed E-state index contributed by atoms with van der Waals surface area (Å²) in [6, 6.07) is 10.6. The number of non-ortho nitro benzene ring substituents is 1. The molecule has 0 aliphatic carbocycles. The largest absolute Gasteiger partial charge is 0.322 e. The van der Waals surface area contributed by atoms with Gasteiger partial charge >= 0.3 is 0 Å². The number of benzene rings is 2. The summed E-state index contributed by atoms with van der Waals surface area (Å²) in [5, 5.41) is 13.9. The molecule has 1 N–H and O–H groups in total. The number of anilines is 2. The number of fused-ring (bicyclic) bond motifs is 2. The normalized spacial score (nSPS) is 14.9. The number of nitro groups is 1. The number of aromatic nitrogens is 2. The summed E-state index contributed by atoms with van der Waals surface area (Å²) in [6.45, 7) is 2.90. The third-order valence-corrected chi connectivity index (χ3v) is 5.08. The van der Waals surface area contributed by atoms with Crippen LogP contribution in [0, 0.1) is 10.1 Å². The summed E-state index contributed by atoms with van der Waals surface area (Å²) in [5.41, 5.74) is -0.645. The number of rotatable bonds is 3. The average molecular weight is 407 g/mol. The second-order valence-corrected chi connectivity index (χ2v) is 7.40. The highest BCUT2D eigenvalue weighted by Crippen LogP contribution is 2.36. The molecule has 2 amide bonds. The molecule has 1 aliphatic heterocycles. The minimum Gasteiger partial charge on any atom is -0.322 e. The van der Waals surface area contributed by atoms with Gasteiger partial charge in [0, 0.05) is 12.1 Å². The quantitative estimate of drug-likeness (QED) is 0.523. The van der Waals surface area contributed by atoms with E-state index in [9.17, 15) is 24.5 Å². The minimum absolute atomic E-state index is 0.159. The number of nitro benzene ring substituents is 1. The van der Waals surface area contributed by atoms with Gasteiger partial charge in [-0.25, -0.2) is 4.98 Å². The average Bonchev–Trinajstić information content (AvgIpc) is 2.70. The molecule has 0 unspecified atom stereocenters. The van der Waals surface area contributed by atoms with Crippen LogP contribution >= 0.6 is 0 Å². The zero-order valence-electron chi connectivity index (χ0n) is 16.2. The van der Waals surface area contributed by atoms with Crippen LogP contribution in [-0.2, 0) is 16.1 Å². The van der Waals surface area contributed by atoms with Gasteiger partial charge < -0.3 is 5.32 Å². The second kappa shape index (κ2) is 6.76. The Labute approximate surface area is 169 Å². The van der Waals surface area contributed by atoms with E-state index in [4.69, 9.17) is 0 Å². The number of carbonyl (C=O) groups excluding carboxylic acids is 2. The van der Waals surface area contributed by atoms with Crippen LogP contribution in [0.3, 0.4) is 0 Å². The van der Waals surface area contributed by atoms with Crippen molar-refractivity contribution in [3.8, 4) is 0 Å². The fourth-order valence-corrected chi connectivity index (χ4v) is 3.49. The van der Waals surface area contributed by atoms with Crippen LogP contribution in [-0.4, -0.2) is 31.8 Å². The predicted molar refractivity (Wildman–Crippen MR) is 109 cm³/mol. The van der Waals surface area contributed by atoms with E-state index in [-0.39, 0.29) is 29.0 Å². The van der Waals surface area contributed by atoms with Gasteiger partial charge in [-0.2, -0.15) is 0 Å². The number of nitrogens with one attached hydrogen (secondary N) is 1. The Morgan fingerprint density at radius 3 is 2.67 bits per heavy atom. The third-order valence-electron chi connectivity index (χ3n) is 5.08. The van der Waals surface area contributed by atoms with Gasteiger partial charge in [-0.1, -0.05) is 12.1 Å². The first kappa shape index (κ1) is 19.2. The topological polar surface area (TPSA) is 127 Å². The standard InChI is InChI=1S/C20H17N5O5/c1-20(2)19(28)22-14-5-3-4-6-16(14)24(20)17(26)10-23-11-21-15-9-12(25(29)30)7-8-13(15)18(23)27/h3-9,11H,10H2,1-2H3,(H,22,28). The maximum atomic E-state index is 13.2. The molecular formula is C20H17N5O5. The Balaban J connectivity index is 1.73. The first-order valence-corrected chi connectivity index (χ1v) is 9.07. The Hall–Kier alpha value is -4.08. The molecule has 2 heterocycles. The van der Waals surface area contributed by atoms with E-state index in [0.717, 1.165) is 4.57 Å². The number of nitrogens with zero attached hydrogens (tertiary/aromatic N) is 4. The zero-order chi connectivity index (χ0) is 21.6. The van der Waals surface area contributed by atoms with Crippen molar-refractivity contribution in [3.63, 3.8) is 0 Å². The molecule has 0 fully saturated rings. The van der Waals surface area contributed by atoms with Gasteiger partial charge in [0.05, 0.1) is 33.5 Å². The summed E-state index contributed by atoms with van der Waals surface area (Å²) in [4.78, 5) is 54.3. The van der Waals surface area contributed by atoms with Crippen LogP contribution in [0.2, 0.25) is 0 Å². The van der Waals surface area contributed by atoms with E-state index in [1.54, 1.807) is 38.1 Å². The van der Waals surface area contributed by atoms with Crippen LogP contribution in [0.25, 0.3) is 10.9 Å². The van der Waals surface area contributed by atoms with E-state index in [1.807, 2.05) is 0 Å². The van der Waals surface area contributed by atoms with E-state index in [0.29, 0.717) is 11.4 Å². The molecule has 0 saturated carbocycles. The fraction of sp³-hybridized carbons (Fsp3) is 0.200. The lowest BCUT2D eigenvalue weighted by atomic mass is 9.96. The molecule has 10 heteroatoms. The second-order valence-electron chi connectivity index (χ2n) is 7.40. The minimum atomic E-state index is -1.17. The maximum absolute atomic E-state index is 13.2. The number of hydrogen-bond donors (Lipinski definition) is 1. The molecule has 0 atom stereocenters. The van der Waals surface area contributed by atoms with Crippen molar-refractivity contribution in [3.05, 3.63) is 69.3 Å². The molecule has 0 saturated heterocycles. The van der Waals surface area contributed by atoms with Crippen LogP contribution in [0.5, 0.6) is 0 Å². The number of carbonyl (C=O) groups is 2. The van der Waals surface area contributed by atoms with Crippen molar-refractivity contribution >= 4 is 39.8 Å². The van der Waals surface area contributed by atoms with Crippen molar-refractivity contribution in [1.82, 2.24) is 9.55 Å². The van der Waals surface area contributed by atoms with Gasteiger partial charge in [0.15, 0.2) is 0 Å². The Morgan fingerprint density at radius 1 is 1.20 bits per heavy atom. The van der Waals surface area contributed by atoms with E-state index in [1.165, 1.54) is 29.4 Å². The van der Waals surface area contributed by atoms with E-state index in [2.05, 4.69) is 10.3 Å². The summed E-state index contributed by atoms with van der Waals surface area (Å²) < 4.78 is 1.13. The lowest BCUT2D eigenvalue weighted by molar-refractivity contribution is -0.384. The number of amides is 2. The van der Waals surface area contributed by atoms with E-state index >= 15 is 0 Å². The zero-order valence-corrected chi connectivity index (χ0v) is 16.2. The van der Waals surface area contributed by atoms with Gasteiger partial charge in [-0.05, 0) is 32.0 Å². The monoisotopic (exact) mass is 407 g/mol. The summed E-state index contributed by atoms with van der Waals surface area (Å²) >= 11 is 0. The number of para-hydroxylation sites is 2. The summed E-state index contributed by atoms with van der Waals surface area (Å²) in [5.74, 6) is -0.807. The summed E-state index contributed by atoms with van der Waals surface area (Å²) in [7, 11) is 0. The predicted octanol–water partition coefficient (Wildman–Crippen LogP) is 2.07. The lowest BCUT2D eigenvalue weighted by Gasteiger charge is -2.42. The van der Waals surface area contributed by atoms with Gasteiger partial charge in [-0.3, -0.25) is 34.0 Å². The highest BCUT2D eigenvalue weighted by molar-refractivity contribution is 6.14. The lowest BCUT2D eigenvalue weighted by Crippen LogP contribution is -2.59. The van der Waals surface area contributed by atoms with Crippen LogP contribution in [0.4, 0.5) is 17.1 Å². The Kier molecular flexibility index (Phi) is 4.34. The molecule has 10 nitrogen and oxygen atoms in total. The highest BCUT2D eigenvalue weighted by Gasteiger charge is 2.43. The van der Waals surface area contributed by atoms with Gasteiger partial charge in [-0.15, -0.1) is 0 Å². The van der Waals surface area contributed by atoms with Crippen LogP contribution in [0.15, 0.2) is 53.6 Å². The van der Waals surface area contributed by atoms with Gasteiger partial charge in [0.2, 0.25) is 11.8 Å². The van der Waals surface area contributed by atoms with Gasteiger partial charge in [0.1, 0.15) is 12.1 Å². The molecule has 0 spiro atoms. The maximum Gasteiger partial charge on any atom is 0.271 e. The van der Waals surface area contributed by atoms with Crippen molar-refractivity contribution in [2.75, 3.05) is 10.2 Å². The SMILES string of the molecule is CC1(C)C(=O)Nc2ccccc2N1C(=O)Cn1cnc2cc([N+](=O)[O-])ccc2c1=O. The molecule has 2 aromatic carbocycles. The highest BCUT2D eigenvalue weighted by atomic mass is 16.6. The van der Waals surface area contributed by atoms with Gasteiger partial charge in [0.25, 0.3) is 11.2 Å². The molecular weight excluding hydrogens is 390 g/mol. The van der Waals surface area contributed by atoms with Crippen LogP contribution in [0.1, 0.15) is 13.8 Å². The molecule has 0 bridgehead atoms.